The molecule has 1 aromatic carbocycles. The first kappa shape index (κ1) is 17.6. The van der Waals surface area contributed by atoms with Crippen LogP contribution in [0.4, 0.5) is 0 Å². The highest BCUT2D eigenvalue weighted by atomic mass is 15.2. The average molecular weight is 350 g/mol. The molecule has 0 aliphatic carbocycles. The fourth-order valence-electron chi connectivity index (χ4n) is 5.47. The van der Waals surface area contributed by atoms with Gasteiger partial charge in [0, 0.05) is 11.8 Å². The Morgan fingerprint density at radius 1 is 1.04 bits per heavy atom. The van der Waals surface area contributed by atoms with Crippen LogP contribution in [-0.4, -0.2) is 4.40 Å². The van der Waals surface area contributed by atoms with Crippen LogP contribution in [0.3, 0.4) is 0 Å². The number of aryl methyl sites for hydroxylation is 2. The predicted octanol–water partition coefficient (Wildman–Crippen LogP) is 5.84. The van der Waals surface area contributed by atoms with Gasteiger partial charge in [-0.2, -0.15) is 4.40 Å². The second-order valence-electron chi connectivity index (χ2n) is 8.64. The maximum Gasteiger partial charge on any atom is 0.295 e. The minimum Gasteiger partial charge on any atom is -0.223 e. The van der Waals surface area contributed by atoms with Gasteiger partial charge >= 0.3 is 0 Å². The molecule has 0 saturated heterocycles. The van der Waals surface area contributed by atoms with E-state index >= 15 is 0 Å². The van der Waals surface area contributed by atoms with Crippen molar-refractivity contribution >= 4 is 16.4 Å². The molecular weight excluding hydrogens is 316 g/mol. The summed E-state index contributed by atoms with van der Waals surface area (Å²) in [6.07, 6.45) is 10.7. The van der Waals surface area contributed by atoms with E-state index in [1.807, 2.05) is 0 Å². The number of unbranched alkanes of at least 4 members (excludes halogenated alkanes) is 1. The Morgan fingerprint density at radius 3 is 2.46 bits per heavy atom. The van der Waals surface area contributed by atoms with Crippen molar-refractivity contribution in [2.75, 3.05) is 0 Å². The lowest BCUT2D eigenvalue weighted by Crippen LogP contribution is -2.66. The van der Waals surface area contributed by atoms with E-state index in [-0.39, 0.29) is 11.0 Å². The van der Waals surface area contributed by atoms with Crippen molar-refractivity contribution in [3.63, 3.8) is 0 Å². The molecule has 0 fully saturated rings. The largest absolute Gasteiger partial charge is 0.295 e. The summed E-state index contributed by atoms with van der Waals surface area (Å²) in [7, 11) is 0. The Bertz CT molecular complexity index is 997. The van der Waals surface area contributed by atoms with Gasteiger partial charge in [-0.05, 0) is 55.7 Å². The summed E-state index contributed by atoms with van der Waals surface area (Å²) in [6, 6.07) is 6.95. The number of aromatic nitrogens is 2. The third-order valence-electron chi connectivity index (χ3n) is 7.57. The zero-order chi connectivity index (χ0) is 18.7. The van der Waals surface area contributed by atoms with Gasteiger partial charge in [-0.25, -0.2) is 4.57 Å². The molecule has 138 valence electrons. The van der Waals surface area contributed by atoms with Crippen molar-refractivity contribution in [2.24, 2.45) is 0 Å². The number of hydrogen-bond acceptors (Lipinski definition) is 0. The van der Waals surface area contributed by atoms with Crippen molar-refractivity contribution in [1.29, 1.82) is 0 Å². The van der Waals surface area contributed by atoms with Gasteiger partial charge in [-0.15, -0.1) is 0 Å². The topological polar surface area (TPSA) is 8.29 Å². The molecule has 0 bridgehead atoms. The number of pyridine rings is 1. The lowest BCUT2D eigenvalue weighted by atomic mass is 9.61. The minimum atomic E-state index is 0.0882. The zero-order valence-electron chi connectivity index (χ0n) is 17.3. The van der Waals surface area contributed by atoms with Gasteiger partial charge in [0.05, 0.1) is 11.6 Å². The van der Waals surface area contributed by atoms with E-state index in [0.717, 1.165) is 19.3 Å². The smallest absolute Gasteiger partial charge is 0.223 e. The monoisotopic (exact) mass is 349 g/mol. The summed E-state index contributed by atoms with van der Waals surface area (Å²) >= 11 is 0. The summed E-state index contributed by atoms with van der Waals surface area (Å²) in [6.45, 7) is 14.3. The number of imidazole rings is 1. The Labute approximate surface area is 157 Å². The molecule has 2 atom stereocenters. The van der Waals surface area contributed by atoms with Crippen molar-refractivity contribution in [1.82, 2.24) is 4.40 Å². The second kappa shape index (κ2) is 5.84. The van der Waals surface area contributed by atoms with Crippen LogP contribution in [-0.2, 0) is 17.4 Å². The van der Waals surface area contributed by atoms with Crippen LogP contribution < -0.4 is 4.57 Å². The van der Waals surface area contributed by atoms with Gasteiger partial charge in [0.2, 0.25) is 0 Å². The van der Waals surface area contributed by atoms with Crippen LogP contribution in [0.15, 0.2) is 30.6 Å². The van der Waals surface area contributed by atoms with Crippen molar-refractivity contribution < 1.29 is 4.57 Å². The summed E-state index contributed by atoms with van der Waals surface area (Å²) in [5.41, 5.74) is 6.10. The Kier molecular flexibility index (Phi) is 3.95. The van der Waals surface area contributed by atoms with Crippen LogP contribution in [0, 0.1) is 6.92 Å². The molecule has 0 saturated carbocycles. The fraction of sp³-hybridized carbons (Fsp3) is 0.542. The van der Waals surface area contributed by atoms with Gasteiger partial charge < -0.3 is 0 Å². The van der Waals surface area contributed by atoms with E-state index in [1.54, 1.807) is 5.56 Å². The number of hydrogen-bond donors (Lipinski definition) is 0. The normalized spacial score (nSPS) is 24.8. The Hall–Kier alpha value is -1.83. The lowest BCUT2D eigenvalue weighted by molar-refractivity contribution is -0.750. The van der Waals surface area contributed by atoms with Gasteiger partial charge in [0.15, 0.2) is 0 Å². The lowest BCUT2D eigenvalue weighted by Gasteiger charge is -2.47. The van der Waals surface area contributed by atoms with Crippen LogP contribution in [0.25, 0.3) is 16.4 Å². The van der Waals surface area contributed by atoms with Gasteiger partial charge in [-0.1, -0.05) is 46.2 Å². The van der Waals surface area contributed by atoms with Crippen molar-refractivity contribution in [3.05, 3.63) is 47.4 Å². The van der Waals surface area contributed by atoms with E-state index in [4.69, 9.17) is 0 Å². The first-order chi connectivity index (χ1) is 12.4. The molecule has 2 nitrogen and oxygen atoms in total. The van der Waals surface area contributed by atoms with E-state index in [2.05, 4.69) is 81.1 Å². The summed E-state index contributed by atoms with van der Waals surface area (Å²) in [5.74, 6) is 0. The predicted molar refractivity (Wildman–Crippen MR) is 110 cm³/mol. The molecular formula is C24H33N2+. The third kappa shape index (κ3) is 1.96. The van der Waals surface area contributed by atoms with E-state index in [0.29, 0.717) is 0 Å². The molecule has 0 N–H and O–H groups in total. The molecule has 0 radical (unpaired) electrons. The average Bonchev–Trinajstić information content (AvgIpc) is 3.03. The van der Waals surface area contributed by atoms with Crippen LogP contribution >= 0.6 is 0 Å². The van der Waals surface area contributed by atoms with Crippen molar-refractivity contribution in [3.8, 4) is 0 Å². The summed E-state index contributed by atoms with van der Waals surface area (Å²) in [4.78, 5) is 0. The summed E-state index contributed by atoms with van der Waals surface area (Å²) < 4.78 is 5.11. The molecule has 0 amide bonds. The maximum atomic E-state index is 2.64. The van der Waals surface area contributed by atoms with Gasteiger partial charge in [0.25, 0.3) is 5.65 Å². The minimum absolute atomic E-state index is 0.0882. The number of benzene rings is 1. The first-order valence-corrected chi connectivity index (χ1v) is 10.4. The SMILES string of the molecule is CCCCc1c[n+]2c3c4c(c(C)ccc4ccn13)C(C)(CC)C2(C)CC. The molecule has 4 rings (SSSR count). The molecule has 3 aromatic rings. The molecule has 2 unspecified atom stereocenters. The summed E-state index contributed by atoms with van der Waals surface area (Å²) in [5, 5.41) is 2.86. The molecule has 3 heterocycles. The van der Waals surface area contributed by atoms with Gasteiger partial charge in [-0.3, -0.25) is 0 Å². The Morgan fingerprint density at radius 2 is 1.81 bits per heavy atom. The van der Waals surface area contributed by atoms with E-state index in [9.17, 15) is 0 Å². The number of nitrogens with zero attached hydrogens (tertiary/aromatic N) is 2. The molecule has 2 heteroatoms. The molecule has 1 aliphatic heterocycles. The zero-order valence-corrected chi connectivity index (χ0v) is 17.3. The quantitative estimate of drug-likeness (QED) is 0.512. The van der Waals surface area contributed by atoms with Crippen molar-refractivity contribution in [2.45, 2.75) is 84.6 Å². The third-order valence-corrected chi connectivity index (χ3v) is 7.57. The van der Waals surface area contributed by atoms with Crippen LogP contribution in [0.5, 0.6) is 0 Å². The van der Waals surface area contributed by atoms with Gasteiger partial charge in [0.1, 0.15) is 17.4 Å². The highest BCUT2D eigenvalue weighted by molar-refractivity contribution is 5.97. The second-order valence-corrected chi connectivity index (χ2v) is 8.64. The molecule has 26 heavy (non-hydrogen) atoms. The first-order valence-electron chi connectivity index (χ1n) is 10.4. The van der Waals surface area contributed by atoms with Crippen LogP contribution in [0.1, 0.15) is 77.1 Å². The fourth-order valence-corrected chi connectivity index (χ4v) is 5.47. The Balaban J connectivity index is 2.21. The molecule has 0 spiro atoms. The van der Waals surface area contributed by atoms with Crippen LogP contribution in [0.2, 0.25) is 0 Å². The number of rotatable bonds is 5. The highest BCUT2D eigenvalue weighted by Gasteiger charge is 2.54. The standard InChI is InChI=1S/C24H33N2/c1-7-10-11-19-16-26-22-20-18(14-15-25(19)22)13-12-17(4)21(20)23(5,8-2)24(26,6)9-3/h12-16H,7-11H2,1-6H3/q+1. The van der Waals surface area contributed by atoms with E-state index < -0.39 is 0 Å². The highest BCUT2D eigenvalue weighted by Crippen LogP contribution is 2.50. The maximum absolute atomic E-state index is 2.64. The molecule has 2 aromatic heterocycles. The van der Waals surface area contributed by atoms with E-state index in [1.165, 1.54) is 40.5 Å². The molecule has 1 aliphatic rings.